The molecule has 0 unspecified atom stereocenters. The number of nitriles is 1. The van der Waals surface area contributed by atoms with Crippen LogP contribution in [0.1, 0.15) is 27.5 Å². The zero-order valence-electron chi connectivity index (χ0n) is 11.0. The summed E-state index contributed by atoms with van der Waals surface area (Å²) in [6.45, 7) is 0. The number of rotatable bonds is 1. The molecule has 2 aromatic rings. The van der Waals surface area contributed by atoms with E-state index in [2.05, 4.69) is 6.07 Å². The van der Waals surface area contributed by atoms with Crippen LogP contribution in [-0.2, 0) is 0 Å². The van der Waals surface area contributed by atoms with Crippen molar-refractivity contribution in [3.63, 3.8) is 0 Å². The molecule has 0 aromatic heterocycles. The van der Waals surface area contributed by atoms with Gasteiger partial charge in [0, 0.05) is 6.20 Å². The fraction of sp³-hybridized carbons (Fsp3) is 0.0588. The summed E-state index contributed by atoms with van der Waals surface area (Å²) in [4.78, 5) is 14.1. The summed E-state index contributed by atoms with van der Waals surface area (Å²) in [5.74, 6) is -0.280. The summed E-state index contributed by atoms with van der Waals surface area (Å²) in [5, 5.41) is 9.84. The summed E-state index contributed by atoms with van der Waals surface area (Å²) >= 11 is 6.07. The summed E-state index contributed by atoms with van der Waals surface area (Å²) in [7, 11) is 0. The monoisotopic (exact) mass is 294 g/mol. The fourth-order valence-electron chi connectivity index (χ4n) is 2.40. The number of fused-ring (bicyclic) bond motifs is 1. The van der Waals surface area contributed by atoms with Crippen molar-refractivity contribution < 1.29 is 4.79 Å². The maximum atomic E-state index is 12.6. The Labute approximate surface area is 127 Å². The number of carbonyl (C=O) groups excluding carboxylic acids is 1. The van der Waals surface area contributed by atoms with Gasteiger partial charge in [0.15, 0.2) is 0 Å². The van der Waals surface area contributed by atoms with Crippen molar-refractivity contribution in [2.45, 2.75) is 6.04 Å². The van der Waals surface area contributed by atoms with Gasteiger partial charge in [0.05, 0.1) is 16.7 Å². The minimum Gasteiger partial charge on any atom is -0.294 e. The number of benzene rings is 2. The van der Waals surface area contributed by atoms with Crippen molar-refractivity contribution in [2.24, 2.45) is 0 Å². The summed E-state index contributed by atoms with van der Waals surface area (Å²) in [5.41, 5.74) is 2.17. The van der Waals surface area contributed by atoms with E-state index >= 15 is 0 Å². The predicted molar refractivity (Wildman–Crippen MR) is 81.5 cm³/mol. The third-order valence-corrected chi connectivity index (χ3v) is 3.77. The molecule has 0 aliphatic carbocycles. The summed E-state index contributed by atoms with van der Waals surface area (Å²) < 4.78 is 0. The quantitative estimate of drug-likeness (QED) is 0.797. The second kappa shape index (κ2) is 5.43. The lowest BCUT2D eigenvalue weighted by atomic mass is 9.96. The lowest BCUT2D eigenvalue weighted by Gasteiger charge is -2.28. The number of nitrogens with zero attached hydrogens (tertiary/aromatic N) is 2. The SMILES string of the molecule is N#C[C@@H]1c2ccccc2C=CN1C(=O)c1ccccc1Cl. The Hall–Kier alpha value is -2.57. The van der Waals surface area contributed by atoms with E-state index in [1.54, 1.807) is 30.5 Å². The molecule has 1 atom stereocenters. The smallest absolute Gasteiger partial charge is 0.260 e. The molecule has 21 heavy (non-hydrogen) atoms. The molecular formula is C17H11ClN2O. The molecule has 0 fully saturated rings. The lowest BCUT2D eigenvalue weighted by molar-refractivity contribution is 0.0794. The van der Waals surface area contributed by atoms with Gasteiger partial charge in [0.2, 0.25) is 0 Å². The molecule has 0 spiro atoms. The lowest BCUT2D eigenvalue weighted by Crippen LogP contribution is -2.31. The second-order valence-electron chi connectivity index (χ2n) is 4.67. The summed E-state index contributed by atoms with van der Waals surface area (Å²) in [6, 6.07) is 15.9. The minimum absolute atomic E-state index is 0.280. The van der Waals surface area contributed by atoms with E-state index in [1.807, 2.05) is 30.3 Å². The Morgan fingerprint density at radius 1 is 1.14 bits per heavy atom. The molecule has 1 aliphatic heterocycles. The first-order chi connectivity index (χ1) is 10.2. The van der Waals surface area contributed by atoms with Crippen molar-refractivity contribution in [1.82, 2.24) is 4.90 Å². The molecule has 1 heterocycles. The Kier molecular flexibility index (Phi) is 3.47. The van der Waals surface area contributed by atoms with Crippen LogP contribution in [0.2, 0.25) is 5.02 Å². The topological polar surface area (TPSA) is 44.1 Å². The molecule has 0 saturated carbocycles. The Balaban J connectivity index is 2.03. The van der Waals surface area contributed by atoms with E-state index in [4.69, 9.17) is 11.6 Å². The zero-order chi connectivity index (χ0) is 14.8. The molecule has 1 aliphatic rings. The Morgan fingerprint density at radius 2 is 1.86 bits per heavy atom. The molecule has 0 radical (unpaired) electrons. The van der Waals surface area contributed by atoms with Crippen LogP contribution in [0, 0.1) is 11.3 Å². The fourth-order valence-corrected chi connectivity index (χ4v) is 2.62. The number of carbonyl (C=O) groups is 1. The van der Waals surface area contributed by atoms with Gasteiger partial charge in [-0.3, -0.25) is 9.69 Å². The highest BCUT2D eigenvalue weighted by molar-refractivity contribution is 6.33. The van der Waals surface area contributed by atoms with Crippen molar-refractivity contribution in [1.29, 1.82) is 5.26 Å². The number of hydrogen-bond acceptors (Lipinski definition) is 2. The van der Waals surface area contributed by atoms with Gasteiger partial charge in [-0.05, 0) is 29.3 Å². The van der Waals surface area contributed by atoms with Crippen LogP contribution in [0.15, 0.2) is 54.7 Å². The van der Waals surface area contributed by atoms with Crippen LogP contribution >= 0.6 is 11.6 Å². The molecular weight excluding hydrogens is 284 g/mol. The van der Waals surface area contributed by atoms with Crippen LogP contribution < -0.4 is 0 Å². The van der Waals surface area contributed by atoms with Gasteiger partial charge < -0.3 is 0 Å². The largest absolute Gasteiger partial charge is 0.294 e. The van der Waals surface area contributed by atoms with Crippen LogP contribution in [0.4, 0.5) is 0 Å². The van der Waals surface area contributed by atoms with E-state index in [0.717, 1.165) is 11.1 Å². The Morgan fingerprint density at radius 3 is 2.62 bits per heavy atom. The molecule has 0 bridgehead atoms. The maximum absolute atomic E-state index is 12.6. The molecule has 3 nitrogen and oxygen atoms in total. The van der Waals surface area contributed by atoms with Crippen molar-refractivity contribution in [3.05, 3.63) is 76.4 Å². The molecule has 102 valence electrons. The molecule has 4 heteroatoms. The summed E-state index contributed by atoms with van der Waals surface area (Å²) in [6.07, 6.45) is 3.47. The Bertz CT molecular complexity index is 776. The first-order valence-corrected chi connectivity index (χ1v) is 6.84. The van der Waals surface area contributed by atoms with Gasteiger partial charge >= 0.3 is 0 Å². The average molecular weight is 295 g/mol. The molecule has 2 aromatic carbocycles. The standard InChI is InChI=1S/C17H11ClN2O/c18-15-8-4-3-7-14(15)17(21)20-10-9-12-5-1-2-6-13(12)16(20)11-19/h1-10,16H/t16-/m1/s1. The first-order valence-electron chi connectivity index (χ1n) is 6.46. The number of hydrogen-bond donors (Lipinski definition) is 0. The van der Waals surface area contributed by atoms with Crippen LogP contribution in [-0.4, -0.2) is 10.8 Å². The van der Waals surface area contributed by atoms with Gasteiger partial charge in [0.25, 0.3) is 5.91 Å². The number of halogens is 1. The van der Waals surface area contributed by atoms with Gasteiger partial charge in [-0.25, -0.2) is 0 Å². The minimum atomic E-state index is -0.644. The normalized spacial score (nSPS) is 16.2. The van der Waals surface area contributed by atoms with Gasteiger partial charge in [0.1, 0.15) is 6.04 Å². The van der Waals surface area contributed by atoms with Crippen LogP contribution in [0.25, 0.3) is 6.08 Å². The molecule has 0 N–H and O–H groups in total. The van der Waals surface area contributed by atoms with E-state index < -0.39 is 6.04 Å². The highest BCUT2D eigenvalue weighted by atomic mass is 35.5. The van der Waals surface area contributed by atoms with Crippen LogP contribution in [0.5, 0.6) is 0 Å². The van der Waals surface area contributed by atoms with Crippen molar-refractivity contribution in [2.75, 3.05) is 0 Å². The van der Waals surface area contributed by atoms with Crippen molar-refractivity contribution >= 4 is 23.6 Å². The second-order valence-corrected chi connectivity index (χ2v) is 5.08. The highest BCUT2D eigenvalue weighted by Gasteiger charge is 2.29. The van der Waals surface area contributed by atoms with E-state index in [1.165, 1.54) is 4.90 Å². The van der Waals surface area contributed by atoms with Crippen molar-refractivity contribution in [3.8, 4) is 6.07 Å². The van der Waals surface area contributed by atoms with E-state index in [-0.39, 0.29) is 5.91 Å². The van der Waals surface area contributed by atoms with E-state index in [0.29, 0.717) is 10.6 Å². The van der Waals surface area contributed by atoms with E-state index in [9.17, 15) is 10.1 Å². The first kappa shape index (κ1) is 13.4. The van der Waals surface area contributed by atoms with Gasteiger partial charge in [-0.15, -0.1) is 0 Å². The predicted octanol–water partition coefficient (Wildman–Crippen LogP) is 4.03. The molecule has 1 amide bonds. The van der Waals surface area contributed by atoms with Crippen LogP contribution in [0.3, 0.4) is 0 Å². The van der Waals surface area contributed by atoms with Gasteiger partial charge in [-0.2, -0.15) is 5.26 Å². The maximum Gasteiger partial charge on any atom is 0.260 e. The highest BCUT2D eigenvalue weighted by Crippen LogP contribution is 2.31. The zero-order valence-corrected chi connectivity index (χ0v) is 11.8. The third kappa shape index (κ3) is 2.31. The third-order valence-electron chi connectivity index (χ3n) is 3.44. The average Bonchev–Trinajstić information content (AvgIpc) is 2.53. The molecule has 0 saturated heterocycles. The van der Waals surface area contributed by atoms with Gasteiger partial charge in [-0.1, -0.05) is 48.0 Å². The molecule has 3 rings (SSSR count). The number of amides is 1.